The van der Waals surface area contributed by atoms with Crippen LogP contribution in [0, 0.1) is 5.92 Å². The molecule has 1 aromatic carbocycles. The van der Waals surface area contributed by atoms with Crippen molar-refractivity contribution in [2.45, 2.75) is 38.1 Å². The fourth-order valence-electron chi connectivity index (χ4n) is 2.51. The van der Waals surface area contributed by atoms with Gasteiger partial charge >= 0.3 is 0 Å². The Morgan fingerprint density at radius 1 is 1.21 bits per heavy atom. The van der Waals surface area contributed by atoms with Crippen molar-refractivity contribution in [3.63, 3.8) is 0 Å². The van der Waals surface area contributed by atoms with E-state index < -0.39 is 0 Å². The van der Waals surface area contributed by atoms with Gasteiger partial charge in [0.15, 0.2) is 0 Å². The van der Waals surface area contributed by atoms with Crippen molar-refractivity contribution in [1.82, 2.24) is 5.32 Å². The molecule has 3 nitrogen and oxygen atoms in total. The van der Waals surface area contributed by atoms with Gasteiger partial charge in [-0.25, -0.2) is 0 Å². The summed E-state index contributed by atoms with van der Waals surface area (Å²) in [6, 6.07) is 8.51. The zero-order chi connectivity index (χ0) is 13.7. The molecule has 0 atom stereocenters. The summed E-state index contributed by atoms with van der Waals surface area (Å²) >= 11 is 3.41. The Balaban J connectivity index is 1.70. The van der Waals surface area contributed by atoms with Crippen LogP contribution in [0.25, 0.3) is 0 Å². The van der Waals surface area contributed by atoms with Crippen LogP contribution in [0.4, 0.5) is 0 Å². The summed E-state index contributed by atoms with van der Waals surface area (Å²) in [5.41, 5.74) is 7.09. The SMILES string of the molecule is NC1CCC(C(=O)NCCc2ccc(Br)cc2)CC1. The molecule has 1 saturated carbocycles. The molecule has 0 aliphatic heterocycles. The Labute approximate surface area is 123 Å². The van der Waals surface area contributed by atoms with Gasteiger partial charge in [0, 0.05) is 23.0 Å². The Morgan fingerprint density at radius 2 is 1.84 bits per heavy atom. The van der Waals surface area contributed by atoms with Gasteiger partial charge in [0.25, 0.3) is 0 Å². The number of amides is 1. The van der Waals surface area contributed by atoms with Gasteiger partial charge in [-0.2, -0.15) is 0 Å². The van der Waals surface area contributed by atoms with Crippen molar-refractivity contribution < 1.29 is 4.79 Å². The minimum absolute atomic E-state index is 0.171. The molecule has 1 aromatic rings. The second-order valence-electron chi connectivity index (χ2n) is 5.28. The first-order valence-corrected chi connectivity index (χ1v) is 7.72. The number of hydrogen-bond acceptors (Lipinski definition) is 2. The zero-order valence-corrected chi connectivity index (χ0v) is 12.7. The molecule has 0 aromatic heterocycles. The van der Waals surface area contributed by atoms with Crippen molar-refractivity contribution in [2.24, 2.45) is 11.7 Å². The highest BCUT2D eigenvalue weighted by molar-refractivity contribution is 9.10. The lowest BCUT2D eigenvalue weighted by Gasteiger charge is -2.25. The molecule has 0 radical (unpaired) electrons. The number of rotatable bonds is 4. The Morgan fingerprint density at radius 3 is 2.47 bits per heavy atom. The van der Waals surface area contributed by atoms with Gasteiger partial charge in [-0.3, -0.25) is 4.79 Å². The second-order valence-corrected chi connectivity index (χ2v) is 6.19. The van der Waals surface area contributed by atoms with Gasteiger partial charge < -0.3 is 11.1 Å². The molecule has 3 N–H and O–H groups in total. The van der Waals surface area contributed by atoms with Gasteiger partial charge in [-0.15, -0.1) is 0 Å². The van der Waals surface area contributed by atoms with E-state index in [0.29, 0.717) is 12.6 Å². The number of benzene rings is 1. The highest BCUT2D eigenvalue weighted by Gasteiger charge is 2.23. The molecule has 1 aliphatic rings. The number of nitrogens with two attached hydrogens (primary N) is 1. The normalized spacial score (nSPS) is 23.1. The number of carbonyl (C=O) groups is 1. The molecule has 104 valence electrons. The lowest BCUT2D eigenvalue weighted by Crippen LogP contribution is -2.37. The van der Waals surface area contributed by atoms with Crippen LogP contribution in [0.15, 0.2) is 28.7 Å². The minimum atomic E-state index is 0.171. The third-order valence-corrected chi connectivity index (χ3v) is 4.30. The molecule has 0 unspecified atom stereocenters. The number of nitrogens with one attached hydrogen (secondary N) is 1. The van der Waals surface area contributed by atoms with Crippen LogP contribution in [0.1, 0.15) is 31.2 Å². The molecule has 0 saturated heterocycles. The second kappa shape index (κ2) is 7.06. The van der Waals surface area contributed by atoms with Crippen molar-refractivity contribution in [2.75, 3.05) is 6.54 Å². The summed E-state index contributed by atoms with van der Waals surface area (Å²) in [7, 11) is 0. The van der Waals surface area contributed by atoms with E-state index in [2.05, 4.69) is 33.4 Å². The highest BCUT2D eigenvalue weighted by atomic mass is 79.9. The van der Waals surface area contributed by atoms with Crippen LogP contribution in [0.5, 0.6) is 0 Å². The summed E-state index contributed by atoms with van der Waals surface area (Å²) in [6.45, 7) is 0.711. The van der Waals surface area contributed by atoms with Crippen LogP contribution in [-0.4, -0.2) is 18.5 Å². The maximum absolute atomic E-state index is 12.0. The van der Waals surface area contributed by atoms with E-state index in [1.807, 2.05) is 12.1 Å². The largest absolute Gasteiger partial charge is 0.356 e. The van der Waals surface area contributed by atoms with Crippen LogP contribution in [0.3, 0.4) is 0 Å². The molecule has 0 heterocycles. The third-order valence-electron chi connectivity index (χ3n) is 3.77. The lowest BCUT2D eigenvalue weighted by molar-refractivity contribution is -0.125. The average molecular weight is 325 g/mol. The van der Waals surface area contributed by atoms with Crippen LogP contribution in [-0.2, 0) is 11.2 Å². The first-order chi connectivity index (χ1) is 9.15. The quantitative estimate of drug-likeness (QED) is 0.894. The molecule has 1 amide bonds. The van der Waals surface area contributed by atoms with E-state index >= 15 is 0 Å². The molecule has 0 bridgehead atoms. The van der Waals surface area contributed by atoms with Gasteiger partial charge in [-0.1, -0.05) is 28.1 Å². The molecule has 0 spiro atoms. The highest BCUT2D eigenvalue weighted by Crippen LogP contribution is 2.23. The van der Waals surface area contributed by atoms with Gasteiger partial charge in [0.05, 0.1) is 0 Å². The lowest BCUT2D eigenvalue weighted by atomic mass is 9.86. The van der Waals surface area contributed by atoms with Crippen LogP contribution in [0.2, 0.25) is 0 Å². The average Bonchev–Trinajstić information content (AvgIpc) is 2.41. The van der Waals surface area contributed by atoms with Gasteiger partial charge in [-0.05, 0) is 49.8 Å². The Hall–Kier alpha value is -0.870. The Kier molecular flexibility index (Phi) is 5.40. The van der Waals surface area contributed by atoms with E-state index in [4.69, 9.17) is 5.73 Å². The smallest absolute Gasteiger partial charge is 0.223 e. The first kappa shape index (κ1) is 14.5. The standard InChI is InChI=1S/C15H21BrN2O/c16-13-5-1-11(2-6-13)9-10-18-15(19)12-3-7-14(17)8-4-12/h1-2,5-6,12,14H,3-4,7-10,17H2,(H,18,19). The van der Waals surface area contributed by atoms with Gasteiger partial charge in [0.2, 0.25) is 5.91 Å². The van der Waals surface area contributed by atoms with E-state index in [1.165, 1.54) is 5.56 Å². The van der Waals surface area contributed by atoms with Crippen LogP contribution >= 0.6 is 15.9 Å². The van der Waals surface area contributed by atoms with Crippen molar-refractivity contribution in [1.29, 1.82) is 0 Å². The molecule has 19 heavy (non-hydrogen) atoms. The summed E-state index contributed by atoms with van der Waals surface area (Å²) in [5, 5.41) is 3.04. The van der Waals surface area contributed by atoms with E-state index in [9.17, 15) is 4.79 Å². The van der Waals surface area contributed by atoms with Crippen molar-refractivity contribution in [3.8, 4) is 0 Å². The summed E-state index contributed by atoms with van der Waals surface area (Å²) in [5.74, 6) is 0.369. The number of carbonyl (C=O) groups excluding carboxylic acids is 1. The molecule has 1 fully saturated rings. The van der Waals surface area contributed by atoms with E-state index in [0.717, 1.165) is 36.6 Å². The van der Waals surface area contributed by atoms with E-state index in [1.54, 1.807) is 0 Å². The third kappa shape index (κ3) is 4.62. The predicted molar refractivity (Wildman–Crippen MR) is 80.8 cm³/mol. The van der Waals surface area contributed by atoms with Crippen molar-refractivity contribution >= 4 is 21.8 Å². The number of hydrogen-bond donors (Lipinski definition) is 2. The fourth-order valence-corrected chi connectivity index (χ4v) is 2.77. The monoisotopic (exact) mass is 324 g/mol. The van der Waals surface area contributed by atoms with Crippen molar-refractivity contribution in [3.05, 3.63) is 34.3 Å². The molecular weight excluding hydrogens is 304 g/mol. The summed E-state index contributed by atoms with van der Waals surface area (Å²) in [6.07, 6.45) is 4.71. The zero-order valence-electron chi connectivity index (χ0n) is 11.1. The first-order valence-electron chi connectivity index (χ1n) is 6.93. The molecule has 1 aliphatic carbocycles. The maximum Gasteiger partial charge on any atom is 0.223 e. The van der Waals surface area contributed by atoms with Crippen LogP contribution < -0.4 is 11.1 Å². The maximum atomic E-state index is 12.0. The topological polar surface area (TPSA) is 55.1 Å². The summed E-state index contributed by atoms with van der Waals surface area (Å²) in [4.78, 5) is 12.0. The summed E-state index contributed by atoms with van der Waals surface area (Å²) < 4.78 is 1.08. The number of halogens is 1. The molecular formula is C15H21BrN2O. The fraction of sp³-hybridized carbons (Fsp3) is 0.533. The molecule has 2 rings (SSSR count). The van der Waals surface area contributed by atoms with Gasteiger partial charge in [0.1, 0.15) is 0 Å². The minimum Gasteiger partial charge on any atom is -0.356 e. The predicted octanol–water partition coefficient (Wildman–Crippen LogP) is 2.63. The Bertz CT molecular complexity index is 411. The van der Waals surface area contributed by atoms with E-state index in [-0.39, 0.29) is 11.8 Å². The molecule has 4 heteroatoms.